The minimum atomic E-state index is -0.386. The lowest BCUT2D eigenvalue weighted by Gasteiger charge is -2.21. The van der Waals surface area contributed by atoms with Gasteiger partial charge in [0.15, 0.2) is 11.6 Å². The van der Waals surface area contributed by atoms with E-state index in [1.165, 1.54) is 6.07 Å². The summed E-state index contributed by atoms with van der Waals surface area (Å²) in [5.41, 5.74) is 0.714. The number of aromatic nitrogens is 1. The number of pyridine rings is 1. The molecule has 0 unspecified atom stereocenters. The molecule has 1 N–H and O–H groups in total. The first-order valence-electron chi connectivity index (χ1n) is 6.66. The van der Waals surface area contributed by atoms with Crippen LogP contribution in [0.1, 0.15) is 26.3 Å². The number of rotatable bonds is 4. The summed E-state index contributed by atoms with van der Waals surface area (Å²) in [5, 5.41) is 3.33. The largest absolute Gasteiger partial charge is 0.452 e. The van der Waals surface area contributed by atoms with Gasteiger partial charge in [0.1, 0.15) is 5.75 Å². The summed E-state index contributed by atoms with van der Waals surface area (Å²) in [6, 6.07) is 6.67. The molecule has 1 aromatic carbocycles. The number of nitrogens with zero attached hydrogens (tertiary/aromatic N) is 1. The van der Waals surface area contributed by atoms with Gasteiger partial charge in [-0.1, -0.05) is 12.1 Å². The summed E-state index contributed by atoms with van der Waals surface area (Å²) in [7, 11) is 0. The Morgan fingerprint density at radius 3 is 2.71 bits per heavy atom. The van der Waals surface area contributed by atoms with Crippen molar-refractivity contribution in [2.45, 2.75) is 32.9 Å². The highest BCUT2D eigenvalue weighted by atomic mass is 79.9. The average molecular weight is 353 g/mol. The van der Waals surface area contributed by atoms with Crippen LogP contribution in [0.25, 0.3) is 0 Å². The van der Waals surface area contributed by atoms with Gasteiger partial charge in [-0.2, -0.15) is 0 Å². The highest BCUT2D eigenvalue weighted by molar-refractivity contribution is 9.10. The summed E-state index contributed by atoms with van der Waals surface area (Å²) >= 11 is 3.32. The Hall–Kier alpha value is -1.46. The zero-order valence-electron chi connectivity index (χ0n) is 12.3. The third-order valence-corrected chi connectivity index (χ3v) is 3.19. The van der Waals surface area contributed by atoms with Gasteiger partial charge in [0, 0.05) is 28.3 Å². The number of hydrogen-bond acceptors (Lipinski definition) is 3. The summed E-state index contributed by atoms with van der Waals surface area (Å²) in [6.07, 6.45) is 3.20. The van der Waals surface area contributed by atoms with Gasteiger partial charge in [-0.3, -0.25) is 4.98 Å². The Morgan fingerprint density at radius 2 is 2.05 bits per heavy atom. The molecule has 3 nitrogen and oxygen atoms in total. The molecule has 0 atom stereocenters. The summed E-state index contributed by atoms with van der Waals surface area (Å²) in [4.78, 5) is 4.02. The lowest BCUT2D eigenvalue weighted by Crippen LogP contribution is -2.35. The van der Waals surface area contributed by atoms with E-state index in [1.807, 2.05) is 6.07 Å². The van der Waals surface area contributed by atoms with Gasteiger partial charge in [-0.25, -0.2) is 4.39 Å². The van der Waals surface area contributed by atoms with E-state index in [0.29, 0.717) is 12.3 Å². The number of para-hydroxylation sites is 1. The molecule has 2 rings (SSSR count). The maximum atomic E-state index is 14.1. The van der Waals surface area contributed by atoms with Crippen molar-refractivity contribution in [1.29, 1.82) is 0 Å². The van der Waals surface area contributed by atoms with Crippen molar-refractivity contribution in [3.8, 4) is 11.5 Å². The quantitative estimate of drug-likeness (QED) is 0.868. The van der Waals surface area contributed by atoms with Crippen molar-refractivity contribution in [3.63, 3.8) is 0 Å². The minimum Gasteiger partial charge on any atom is -0.452 e. The molecule has 1 aromatic heterocycles. The number of ether oxygens (including phenoxy) is 1. The average Bonchev–Trinajstić information content (AvgIpc) is 2.39. The molecule has 0 saturated carbocycles. The van der Waals surface area contributed by atoms with Crippen molar-refractivity contribution in [2.24, 2.45) is 0 Å². The predicted octanol–water partition coefficient (Wildman–Crippen LogP) is 4.66. The molecule has 2 aromatic rings. The molecule has 1 heterocycles. The third kappa shape index (κ3) is 4.79. The standard InChI is InChI=1S/C16H18BrFN2O/c1-16(2,3)20-8-11-5-4-6-14(18)15(11)21-13-7-12(17)9-19-10-13/h4-7,9-10,20H,8H2,1-3H3. The van der Waals surface area contributed by atoms with Crippen molar-refractivity contribution in [2.75, 3.05) is 0 Å². The van der Waals surface area contributed by atoms with E-state index >= 15 is 0 Å². The van der Waals surface area contributed by atoms with Crippen LogP contribution in [-0.4, -0.2) is 10.5 Å². The van der Waals surface area contributed by atoms with Crippen LogP contribution in [0.3, 0.4) is 0 Å². The van der Waals surface area contributed by atoms with Crippen LogP contribution in [0, 0.1) is 5.82 Å². The van der Waals surface area contributed by atoms with E-state index in [1.54, 1.807) is 24.5 Å². The third-order valence-electron chi connectivity index (χ3n) is 2.76. The molecule has 0 aliphatic heterocycles. The van der Waals surface area contributed by atoms with Gasteiger partial charge >= 0.3 is 0 Å². The molecular weight excluding hydrogens is 335 g/mol. The lowest BCUT2D eigenvalue weighted by atomic mass is 10.1. The molecule has 0 fully saturated rings. The summed E-state index contributed by atoms with van der Waals surface area (Å²) in [6.45, 7) is 6.71. The van der Waals surface area contributed by atoms with E-state index in [-0.39, 0.29) is 17.1 Å². The van der Waals surface area contributed by atoms with Gasteiger partial charge in [0.2, 0.25) is 0 Å². The fourth-order valence-electron chi connectivity index (χ4n) is 1.73. The maximum Gasteiger partial charge on any atom is 0.167 e. The van der Waals surface area contributed by atoms with Crippen molar-refractivity contribution < 1.29 is 9.13 Å². The van der Waals surface area contributed by atoms with E-state index in [4.69, 9.17) is 4.74 Å². The molecule has 112 valence electrons. The first-order valence-corrected chi connectivity index (χ1v) is 7.45. The first kappa shape index (κ1) is 15.9. The smallest absolute Gasteiger partial charge is 0.167 e. The van der Waals surface area contributed by atoms with Crippen LogP contribution in [0.4, 0.5) is 4.39 Å². The zero-order valence-corrected chi connectivity index (χ0v) is 13.9. The Bertz CT molecular complexity index is 626. The van der Waals surface area contributed by atoms with Crippen molar-refractivity contribution in [1.82, 2.24) is 10.3 Å². The fraction of sp³-hybridized carbons (Fsp3) is 0.312. The molecule has 0 aliphatic carbocycles. The van der Waals surface area contributed by atoms with E-state index < -0.39 is 0 Å². The van der Waals surface area contributed by atoms with Gasteiger partial charge < -0.3 is 10.1 Å². The second-order valence-electron chi connectivity index (χ2n) is 5.77. The molecule has 0 bridgehead atoms. The highest BCUT2D eigenvalue weighted by Gasteiger charge is 2.14. The zero-order chi connectivity index (χ0) is 15.5. The highest BCUT2D eigenvalue weighted by Crippen LogP contribution is 2.29. The van der Waals surface area contributed by atoms with Crippen LogP contribution in [0.15, 0.2) is 41.1 Å². The first-order chi connectivity index (χ1) is 9.85. The van der Waals surface area contributed by atoms with Crippen LogP contribution in [0.5, 0.6) is 11.5 Å². The second-order valence-corrected chi connectivity index (χ2v) is 6.69. The SMILES string of the molecule is CC(C)(C)NCc1cccc(F)c1Oc1cncc(Br)c1. The van der Waals surface area contributed by atoms with E-state index in [2.05, 4.69) is 47.0 Å². The maximum absolute atomic E-state index is 14.1. The molecule has 0 amide bonds. The normalized spacial score (nSPS) is 11.5. The van der Waals surface area contributed by atoms with Crippen molar-refractivity contribution >= 4 is 15.9 Å². The summed E-state index contributed by atoms with van der Waals surface area (Å²) in [5.74, 6) is 0.337. The Labute approximate surface area is 132 Å². The monoisotopic (exact) mass is 352 g/mol. The second kappa shape index (κ2) is 6.54. The van der Waals surface area contributed by atoms with Gasteiger partial charge in [0.25, 0.3) is 0 Å². The summed E-state index contributed by atoms with van der Waals surface area (Å²) < 4.78 is 20.5. The molecule has 0 spiro atoms. The van der Waals surface area contributed by atoms with Gasteiger partial charge in [-0.15, -0.1) is 0 Å². The van der Waals surface area contributed by atoms with E-state index in [0.717, 1.165) is 10.0 Å². The van der Waals surface area contributed by atoms with Gasteiger partial charge in [0.05, 0.1) is 6.20 Å². The molecule has 5 heteroatoms. The molecule has 0 aliphatic rings. The molecule has 0 radical (unpaired) electrons. The minimum absolute atomic E-state index is 0.0546. The van der Waals surface area contributed by atoms with Crippen LogP contribution < -0.4 is 10.1 Å². The lowest BCUT2D eigenvalue weighted by molar-refractivity contribution is 0.403. The predicted molar refractivity (Wildman–Crippen MR) is 85.0 cm³/mol. The molecule has 21 heavy (non-hydrogen) atoms. The number of hydrogen-bond donors (Lipinski definition) is 1. The Kier molecular flexibility index (Phi) is 4.96. The Balaban J connectivity index is 2.25. The number of nitrogens with one attached hydrogen (secondary N) is 1. The molecular formula is C16H18BrFN2O. The van der Waals surface area contributed by atoms with Gasteiger partial charge in [-0.05, 0) is 48.8 Å². The van der Waals surface area contributed by atoms with E-state index in [9.17, 15) is 4.39 Å². The number of benzene rings is 1. The fourth-order valence-corrected chi connectivity index (χ4v) is 2.08. The van der Waals surface area contributed by atoms with Crippen LogP contribution in [0.2, 0.25) is 0 Å². The van der Waals surface area contributed by atoms with Crippen molar-refractivity contribution in [3.05, 3.63) is 52.5 Å². The molecule has 0 saturated heterocycles. The van der Waals surface area contributed by atoms with Crippen LogP contribution >= 0.6 is 15.9 Å². The Morgan fingerprint density at radius 1 is 1.29 bits per heavy atom. The van der Waals surface area contributed by atoms with Crippen LogP contribution in [-0.2, 0) is 6.54 Å². The number of halogens is 2. The topological polar surface area (TPSA) is 34.1 Å².